The molecule has 1 aliphatic rings. The molecule has 1 saturated heterocycles. The highest BCUT2D eigenvalue weighted by Crippen LogP contribution is 2.17. The van der Waals surface area contributed by atoms with Crippen molar-refractivity contribution in [1.82, 2.24) is 9.30 Å². The number of nitrogens with zero attached hydrogens (tertiary/aromatic N) is 2. The molecule has 110 valence electrons. The smallest absolute Gasteiger partial charge is 0.334 e. The maximum Gasteiger partial charge on any atom is 0.334 e. The number of aromatic nitrogens is 1. The van der Waals surface area contributed by atoms with Crippen LogP contribution >= 0.6 is 0 Å². The number of carbonyl (C=O) groups is 2. The van der Waals surface area contributed by atoms with E-state index in [0.29, 0.717) is 12.1 Å². The minimum Gasteiger partial charge on any atom is -0.479 e. The highest BCUT2D eigenvalue weighted by Gasteiger charge is 2.33. The summed E-state index contributed by atoms with van der Waals surface area (Å²) < 4.78 is 7.19. The molecular weight excluding hydrogens is 272 g/mol. The van der Waals surface area contributed by atoms with Gasteiger partial charge in [-0.05, 0) is 25.1 Å². The first-order chi connectivity index (χ1) is 10.0. The van der Waals surface area contributed by atoms with Crippen LogP contribution in [0.5, 0.6) is 0 Å². The van der Waals surface area contributed by atoms with Crippen molar-refractivity contribution in [3.05, 3.63) is 42.2 Å². The number of pyridine rings is 1. The van der Waals surface area contributed by atoms with Gasteiger partial charge >= 0.3 is 5.97 Å². The molecule has 3 rings (SSSR count). The topological polar surface area (TPSA) is 71.3 Å². The van der Waals surface area contributed by atoms with Crippen molar-refractivity contribution in [2.45, 2.75) is 19.1 Å². The molecule has 1 N–H and O–H groups in total. The Morgan fingerprint density at radius 3 is 2.86 bits per heavy atom. The third-order valence-electron chi connectivity index (χ3n) is 3.57. The molecule has 0 radical (unpaired) electrons. The zero-order valence-electron chi connectivity index (χ0n) is 11.6. The van der Waals surface area contributed by atoms with Crippen LogP contribution in [-0.4, -0.2) is 51.6 Å². The number of rotatable bonds is 2. The molecule has 1 fully saturated rings. The molecule has 2 aromatic rings. The third-order valence-corrected chi connectivity index (χ3v) is 3.57. The van der Waals surface area contributed by atoms with Crippen molar-refractivity contribution in [3.8, 4) is 0 Å². The van der Waals surface area contributed by atoms with Gasteiger partial charge in [-0.1, -0.05) is 6.07 Å². The van der Waals surface area contributed by atoms with Crippen LogP contribution in [0.4, 0.5) is 0 Å². The zero-order chi connectivity index (χ0) is 15.0. The minimum absolute atomic E-state index is 0.0741. The average Bonchev–Trinajstić information content (AvgIpc) is 2.89. The molecule has 0 spiro atoms. The van der Waals surface area contributed by atoms with E-state index >= 15 is 0 Å². The average molecular weight is 288 g/mol. The van der Waals surface area contributed by atoms with E-state index in [1.54, 1.807) is 24.1 Å². The van der Waals surface area contributed by atoms with Crippen molar-refractivity contribution in [2.75, 3.05) is 13.1 Å². The molecule has 2 atom stereocenters. The van der Waals surface area contributed by atoms with Crippen molar-refractivity contribution >= 4 is 17.4 Å². The van der Waals surface area contributed by atoms with Crippen LogP contribution in [0.1, 0.15) is 17.3 Å². The maximum atomic E-state index is 12.5. The molecule has 0 bridgehead atoms. The van der Waals surface area contributed by atoms with E-state index in [1.807, 2.05) is 28.8 Å². The van der Waals surface area contributed by atoms with Crippen LogP contribution in [0.2, 0.25) is 0 Å². The second-order valence-corrected chi connectivity index (χ2v) is 5.25. The first-order valence-electron chi connectivity index (χ1n) is 6.79. The SMILES string of the molecule is C[C@@H]1CN(C(=O)c2cc3ccccn3c2)CC(C(=O)O)O1. The Morgan fingerprint density at radius 1 is 1.33 bits per heavy atom. The fourth-order valence-corrected chi connectivity index (χ4v) is 2.61. The molecule has 21 heavy (non-hydrogen) atoms. The van der Waals surface area contributed by atoms with E-state index in [-0.39, 0.29) is 18.6 Å². The first kappa shape index (κ1) is 13.6. The van der Waals surface area contributed by atoms with Gasteiger partial charge in [0, 0.05) is 24.5 Å². The standard InChI is InChI=1S/C15H16N2O4/c1-10-7-17(9-13(21-10)15(19)20)14(18)11-6-12-4-2-3-5-16(12)8-11/h2-6,8,10,13H,7,9H2,1H3,(H,19,20)/t10-,13?/m1/s1. The fraction of sp³-hybridized carbons (Fsp3) is 0.333. The number of hydrogen-bond donors (Lipinski definition) is 1. The fourth-order valence-electron chi connectivity index (χ4n) is 2.61. The van der Waals surface area contributed by atoms with Crippen LogP contribution < -0.4 is 0 Å². The largest absolute Gasteiger partial charge is 0.479 e. The second-order valence-electron chi connectivity index (χ2n) is 5.25. The Bertz CT molecular complexity index is 661. The highest BCUT2D eigenvalue weighted by atomic mass is 16.5. The van der Waals surface area contributed by atoms with Gasteiger partial charge in [0.15, 0.2) is 6.10 Å². The molecule has 1 aliphatic heterocycles. The van der Waals surface area contributed by atoms with Crippen LogP contribution in [0.3, 0.4) is 0 Å². The number of amides is 1. The molecule has 3 heterocycles. The highest BCUT2D eigenvalue weighted by molar-refractivity contribution is 5.96. The van der Waals surface area contributed by atoms with Gasteiger partial charge in [-0.2, -0.15) is 0 Å². The summed E-state index contributed by atoms with van der Waals surface area (Å²) in [4.78, 5) is 25.2. The van der Waals surface area contributed by atoms with Gasteiger partial charge in [0.25, 0.3) is 5.91 Å². The van der Waals surface area contributed by atoms with Gasteiger partial charge in [0.1, 0.15) is 0 Å². The van der Waals surface area contributed by atoms with E-state index in [0.717, 1.165) is 5.52 Å². The lowest BCUT2D eigenvalue weighted by molar-refractivity contribution is -0.160. The second kappa shape index (κ2) is 5.21. The molecule has 0 aliphatic carbocycles. The predicted octanol–water partition coefficient (Wildman–Crippen LogP) is 1.25. The lowest BCUT2D eigenvalue weighted by Crippen LogP contribution is -2.51. The normalized spacial score (nSPS) is 22.4. The summed E-state index contributed by atoms with van der Waals surface area (Å²) in [6.07, 6.45) is 2.37. The minimum atomic E-state index is -1.04. The van der Waals surface area contributed by atoms with Crippen molar-refractivity contribution in [3.63, 3.8) is 0 Å². The maximum absolute atomic E-state index is 12.5. The number of morpholine rings is 1. The van der Waals surface area contributed by atoms with Gasteiger partial charge in [0.05, 0.1) is 18.2 Å². The molecule has 0 saturated carbocycles. The van der Waals surface area contributed by atoms with E-state index < -0.39 is 12.1 Å². The Labute approximate surface area is 121 Å². The quantitative estimate of drug-likeness (QED) is 0.903. The summed E-state index contributed by atoms with van der Waals surface area (Å²) in [6.45, 7) is 2.24. The number of carboxylic acids is 1. The zero-order valence-corrected chi connectivity index (χ0v) is 11.6. The Hall–Kier alpha value is -2.34. The third kappa shape index (κ3) is 2.62. The summed E-state index contributed by atoms with van der Waals surface area (Å²) in [5, 5.41) is 9.07. The van der Waals surface area contributed by atoms with E-state index in [1.165, 1.54) is 0 Å². The molecule has 6 heteroatoms. The summed E-state index contributed by atoms with van der Waals surface area (Å²) in [6, 6.07) is 7.51. The number of aliphatic carboxylic acids is 1. The van der Waals surface area contributed by atoms with Crippen LogP contribution in [0, 0.1) is 0 Å². The number of fused-ring (bicyclic) bond motifs is 1. The monoisotopic (exact) mass is 288 g/mol. The molecule has 0 aromatic carbocycles. The predicted molar refractivity (Wildman–Crippen MR) is 75.3 cm³/mol. The van der Waals surface area contributed by atoms with E-state index in [2.05, 4.69) is 0 Å². The Balaban J connectivity index is 1.85. The van der Waals surface area contributed by atoms with Crippen LogP contribution in [-0.2, 0) is 9.53 Å². The molecule has 2 aromatic heterocycles. The van der Waals surface area contributed by atoms with Gasteiger partial charge in [-0.15, -0.1) is 0 Å². The lowest BCUT2D eigenvalue weighted by Gasteiger charge is -2.34. The van der Waals surface area contributed by atoms with E-state index in [9.17, 15) is 9.59 Å². The number of carboxylic acid groups (broad SMARTS) is 1. The van der Waals surface area contributed by atoms with Gasteiger partial charge in [0.2, 0.25) is 0 Å². The summed E-state index contributed by atoms with van der Waals surface area (Å²) in [5.74, 6) is -1.21. The first-order valence-corrected chi connectivity index (χ1v) is 6.79. The van der Waals surface area contributed by atoms with Crippen LogP contribution in [0.15, 0.2) is 36.7 Å². The molecular formula is C15H16N2O4. The van der Waals surface area contributed by atoms with Crippen molar-refractivity contribution < 1.29 is 19.4 Å². The van der Waals surface area contributed by atoms with Gasteiger partial charge < -0.3 is 19.1 Å². The van der Waals surface area contributed by atoms with Crippen molar-refractivity contribution in [1.29, 1.82) is 0 Å². The number of carbonyl (C=O) groups excluding carboxylic acids is 1. The molecule has 1 unspecified atom stereocenters. The van der Waals surface area contributed by atoms with Crippen molar-refractivity contribution in [2.24, 2.45) is 0 Å². The lowest BCUT2D eigenvalue weighted by atomic mass is 10.2. The summed E-state index contributed by atoms with van der Waals surface area (Å²) >= 11 is 0. The molecule has 6 nitrogen and oxygen atoms in total. The number of hydrogen-bond acceptors (Lipinski definition) is 3. The number of ether oxygens (including phenoxy) is 1. The Kier molecular flexibility index (Phi) is 3.39. The molecule has 1 amide bonds. The summed E-state index contributed by atoms with van der Waals surface area (Å²) in [7, 11) is 0. The van der Waals surface area contributed by atoms with E-state index in [4.69, 9.17) is 9.84 Å². The van der Waals surface area contributed by atoms with Crippen LogP contribution in [0.25, 0.3) is 5.52 Å². The Morgan fingerprint density at radius 2 is 2.14 bits per heavy atom. The van der Waals surface area contributed by atoms with Gasteiger partial charge in [-0.25, -0.2) is 4.79 Å². The van der Waals surface area contributed by atoms with Gasteiger partial charge in [-0.3, -0.25) is 4.79 Å². The summed E-state index contributed by atoms with van der Waals surface area (Å²) in [5.41, 5.74) is 1.48.